The number of anilines is 1. The lowest BCUT2D eigenvalue weighted by Gasteiger charge is -2.07. The van der Waals surface area contributed by atoms with Crippen molar-refractivity contribution in [3.63, 3.8) is 0 Å². The van der Waals surface area contributed by atoms with Crippen molar-refractivity contribution in [1.82, 2.24) is 4.98 Å². The van der Waals surface area contributed by atoms with Gasteiger partial charge < -0.3 is 5.32 Å². The number of rotatable bonds is 2. The van der Waals surface area contributed by atoms with Gasteiger partial charge in [-0.1, -0.05) is 6.07 Å². The number of hydrogen-bond donors (Lipinski definition) is 1. The van der Waals surface area contributed by atoms with Crippen LogP contribution < -0.4 is 5.32 Å². The number of halogens is 1. The molecule has 94 valence electrons. The molecule has 0 spiro atoms. The van der Waals surface area contributed by atoms with E-state index in [1.165, 1.54) is 11.3 Å². The smallest absolute Gasteiger partial charge is 0.267 e. The van der Waals surface area contributed by atoms with Crippen LogP contribution in [0.15, 0.2) is 22.7 Å². The minimum absolute atomic E-state index is 0.107. The Labute approximate surface area is 118 Å². The maximum absolute atomic E-state index is 12.2. The summed E-state index contributed by atoms with van der Waals surface area (Å²) in [7, 11) is 0. The number of amides is 1. The van der Waals surface area contributed by atoms with Crippen LogP contribution in [0, 0.1) is 20.8 Å². The van der Waals surface area contributed by atoms with Crippen molar-refractivity contribution in [2.24, 2.45) is 0 Å². The Morgan fingerprint density at radius 2 is 2.06 bits per heavy atom. The molecule has 1 aromatic heterocycles. The highest BCUT2D eigenvalue weighted by Crippen LogP contribution is 2.25. The van der Waals surface area contributed by atoms with E-state index in [9.17, 15) is 4.79 Å². The number of carbonyl (C=O) groups is 1. The Morgan fingerprint density at radius 1 is 1.33 bits per heavy atom. The first-order valence-electron chi connectivity index (χ1n) is 5.49. The van der Waals surface area contributed by atoms with Gasteiger partial charge in [0, 0.05) is 4.47 Å². The van der Waals surface area contributed by atoms with Crippen LogP contribution >= 0.6 is 27.3 Å². The van der Waals surface area contributed by atoms with Crippen molar-refractivity contribution in [1.29, 1.82) is 0 Å². The number of hydrogen-bond acceptors (Lipinski definition) is 3. The highest BCUT2D eigenvalue weighted by Gasteiger charge is 2.14. The van der Waals surface area contributed by atoms with Gasteiger partial charge in [0.2, 0.25) is 0 Å². The summed E-state index contributed by atoms with van der Waals surface area (Å²) >= 11 is 4.84. The molecule has 0 saturated carbocycles. The number of carbonyl (C=O) groups excluding carboxylic acids is 1. The van der Waals surface area contributed by atoms with Gasteiger partial charge in [0.25, 0.3) is 5.91 Å². The predicted octanol–water partition coefficient (Wildman–Crippen LogP) is 4.08. The predicted molar refractivity (Wildman–Crippen MR) is 78.4 cm³/mol. The van der Waals surface area contributed by atoms with Gasteiger partial charge in [-0.3, -0.25) is 4.79 Å². The maximum atomic E-state index is 12.2. The Kier molecular flexibility index (Phi) is 3.82. The Bertz CT molecular complexity index is 607. The van der Waals surface area contributed by atoms with Gasteiger partial charge in [0.05, 0.1) is 16.4 Å². The molecule has 1 amide bonds. The van der Waals surface area contributed by atoms with E-state index in [4.69, 9.17) is 0 Å². The Hall–Kier alpha value is -1.20. The van der Waals surface area contributed by atoms with E-state index in [0.29, 0.717) is 4.88 Å². The van der Waals surface area contributed by atoms with E-state index in [1.807, 2.05) is 39.0 Å². The molecule has 1 aromatic carbocycles. The van der Waals surface area contributed by atoms with E-state index >= 15 is 0 Å². The van der Waals surface area contributed by atoms with Crippen LogP contribution in [0.3, 0.4) is 0 Å². The fourth-order valence-electron chi connectivity index (χ4n) is 1.66. The molecule has 0 bridgehead atoms. The van der Waals surface area contributed by atoms with Crippen LogP contribution in [0.5, 0.6) is 0 Å². The number of aromatic nitrogens is 1. The highest BCUT2D eigenvalue weighted by molar-refractivity contribution is 9.10. The van der Waals surface area contributed by atoms with Crippen LogP contribution in [-0.4, -0.2) is 10.9 Å². The van der Waals surface area contributed by atoms with Gasteiger partial charge >= 0.3 is 0 Å². The zero-order valence-corrected chi connectivity index (χ0v) is 12.8. The molecule has 1 N–H and O–H groups in total. The van der Waals surface area contributed by atoms with Crippen LogP contribution in [0.2, 0.25) is 0 Å². The third-order valence-electron chi connectivity index (χ3n) is 2.48. The molecule has 0 aliphatic carbocycles. The summed E-state index contributed by atoms with van der Waals surface area (Å²) in [6.07, 6.45) is 0. The maximum Gasteiger partial charge on any atom is 0.267 e. The third kappa shape index (κ3) is 2.79. The van der Waals surface area contributed by atoms with Crippen LogP contribution in [0.1, 0.15) is 25.9 Å². The molecule has 2 rings (SSSR count). The molecule has 1 heterocycles. The van der Waals surface area contributed by atoms with Crippen molar-refractivity contribution in [3.05, 3.63) is 43.8 Å². The van der Waals surface area contributed by atoms with Gasteiger partial charge in [-0.05, 0) is 54.4 Å². The molecule has 0 aliphatic rings. The second-order valence-corrected chi connectivity index (χ2v) is 6.14. The van der Waals surface area contributed by atoms with E-state index in [-0.39, 0.29) is 5.91 Å². The van der Waals surface area contributed by atoms with Crippen molar-refractivity contribution in [3.8, 4) is 0 Å². The molecule has 3 nitrogen and oxygen atoms in total. The largest absolute Gasteiger partial charge is 0.320 e. The van der Waals surface area contributed by atoms with Crippen molar-refractivity contribution < 1.29 is 4.79 Å². The highest BCUT2D eigenvalue weighted by atomic mass is 79.9. The number of benzene rings is 1. The van der Waals surface area contributed by atoms with Gasteiger partial charge in [0.1, 0.15) is 4.88 Å². The monoisotopic (exact) mass is 324 g/mol. The zero-order valence-electron chi connectivity index (χ0n) is 10.4. The van der Waals surface area contributed by atoms with Crippen molar-refractivity contribution >= 4 is 38.9 Å². The number of aryl methyl sites for hydroxylation is 3. The second kappa shape index (κ2) is 5.20. The first kappa shape index (κ1) is 13.2. The topological polar surface area (TPSA) is 42.0 Å². The molecular formula is C13H13BrN2OS. The average Bonchev–Trinajstić information content (AvgIpc) is 2.63. The molecule has 5 heteroatoms. The quantitative estimate of drug-likeness (QED) is 0.904. The molecule has 0 unspecified atom stereocenters. The minimum atomic E-state index is -0.107. The van der Waals surface area contributed by atoms with Crippen LogP contribution in [0.4, 0.5) is 5.69 Å². The molecule has 0 radical (unpaired) electrons. The Morgan fingerprint density at radius 3 is 2.67 bits per heavy atom. The molecule has 0 saturated heterocycles. The van der Waals surface area contributed by atoms with Gasteiger partial charge in [-0.25, -0.2) is 4.98 Å². The lowest BCUT2D eigenvalue weighted by Crippen LogP contribution is -2.12. The summed E-state index contributed by atoms with van der Waals surface area (Å²) in [5.74, 6) is -0.107. The Balaban J connectivity index is 2.26. The van der Waals surface area contributed by atoms with Crippen LogP contribution in [0.25, 0.3) is 0 Å². The average molecular weight is 325 g/mol. The number of nitrogens with zero attached hydrogens (tertiary/aromatic N) is 1. The fourth-order valence-corrected chi connectivity index (χ4v) is 2.82. The SMILES string of the molecule is Cc1ccc(Br)c(NC(=O)c2sc(C)nc2C)c1. The van der Waals surface area contributed by atoms with Gasteiger partial charge in [0.15, 0.2) is 0 Å². The summed E-state index contributed by atoms with van der Waals surface area (Å²) in [5, 5.41) is 3.81. The van der Waals surface area contributed by atoms with E-state index < -0.39 is 0 Å². The van der Waals surface area contributed by atoms with Gasteiger partial charge in [-0.15, -0.1) is 11.3 Å². The van der Waals surface area contributed by atoms with E-state index in [1.54, 1.807) is 0 Å². The fraction of sp³-hybridized carbons (Fsp3) is 0.231. The van der Waals surface area contributed by atoms with E-state index in [0.717, 1.165) is 26.4 Å². The molecule has 2 aromatic rings. The summed E-state index contributed by atoms with van der Waals surface area (Å²) < 4.78 is 0.875. The molecule has 0 fully saturated rings. The van der Waals surface area contributed by atoms with Crippen molar-refractivity contribution in [2.75, 3.05) is 5.32 Å². The lowest BCUT2D eigenvalue weighted by molar-refractivity contribution is 0.103. The number of thiazole rings is 1. The molecular weight excluding hydrogens is 312 g/mol. The first-order valence-corrected chi connectivity index (χ1v) is 7.10. The molecule has 0 atom stereocenters. The minimum Gasteiger partial charge on any atom is -0.320 e. The van der Waals surface area contributed by atoms with Crippen LogP contribution in [-0.2, 0) is 0 Å². The lowest BCUT2D eigenvalue weighted by atomic mass is 10.2. The summed E-state index contributed by atoms with van der Waals surface area (Å²) in [4.78, 5) is 17.1. The summed E-state index contributed by atoms with van der Waals surface area (Å²) in [5.41, 5.74) is 2.66. The van der Waals surface area contributed by atoms with Crippen molar-refractivity contribution in [2.45, 2.75) is 20.8 Å². The third-order valence-corrected chi connectivity index (χ3v) is 4.24. The molecule has 0 aliphatic heterocycles. The number of nitrogens with one attached hydrogen (secondary N) is 1. The summed E-state index contributed by atoms with van der Waals surface area (Å²) in [6, 6.07) is 5.85. The zero-order chi connectivity index (χ0) is 13.3. The van der Waals surface area contributed by atoms with E-state index in [2.05, 4.69) is 26.2 Å². The standard InChI is InChI=1S/C13H13BrN2OS/c1-7-4-5-10(14)11(6-7)16-13(17)12-8(2)15-9(3)18-12/h4-6H,1-3H3,(H,16,17). The first-order chi connectivity index (χ1) is 8.47. The normalized spacial score (nSPS) is 10.4. The molecule has 18 heavy (non-hydrogen) atoms. The second-order valence-electron chi connectivity index (χ2n) is 4.08. The van der Waals surface area contributed by atoms with Gasteiger partial charge in [-0.2, -0.15) is 0 Å². The summed E-state index contributed by atoms with van der Waals surface area (Å²) in [6.45, 7) is 5.74.